The van der Waals surface area contributed by atoms with Crippen LogP contribution in [0.2, 0.25) is 0 Å². The van der Waals surface area contributed by atoms with Gasteiger partial charge in [0.1, 0.15) is 5.75 Å². The minimum atomic E-state index is -0.178. The molecule has 0 radical (unpaired) electrons. The Hall–Kier alpha value is -4.13. The summed E-state index contributed by atoms with van der Waals surface area (Å²) in [6.07, 6.45) is 0.627. The maximum atomic E-state index is 12.5. The zero-order valence-electron chi connectivity index (χ0n) is 17.7. The van der Waals surface area contributed by atoms with E-state index in [0.717, 1.165) is 17.0 Å². The van der Waals surface area contributed by atoms with Crippen LogP contribution in [0.3, 0.4) is 0 Å². The first-order chi connectivity index (χ1) is 15.7. The van der Waals surface area contributed by atoms with E-state index in [0.29, 0.717) is 42.5 Å². The molecule has 1 amide bonds. The molecule has 0 bridgehead atoms. The summed E-state index contributed by atoms with van der Waals surface area (Å²) in [4.78, 5) is 16.9. The van der Waals surface area contributed by atoms with E-state index in [-0.39, 0.29) is 5.91 Å². The van der Waals surface area contributed by atoms with Gasteiger partial charge >= 0.3 is 0 Å². The number of hydrogen-bond acceptors (Lipinski definition) is 6. The first-order valence-electron chi connectivity index (χ1n) is 10.4. The lowest BCUT2D eigenvalue weighted by molar-refractivity contribution is 0.102. The van der Waals surface area contributed by atoms with Gasteiger partial charge in [-0.1, -0.05) is 35.5 Å². The van der Waals surface area contributed by atoms with Gasteiger partial charge < -0.3 is 19.9 Å². The quantitative estimate of drug-likeness (QED) is 0.393. The summed E-state index contributed by atoms with van der Waals surface area (Å²) < 4.78 is 10.7. The van der Waals surface area contributed by atoms with E-state index in [2.05, 4.69) is 20.8 Å². The number of benzene rings is 3. The topological polar surface area (TPSA) is 89.3 Å². The predicted molar refractivity (Wildman–Crippen MR) is 123 cm³/mol. The van der Waals surface area contributed by atoms with Crippen LogP contribution in [-0.4, -0.2) is 22.7 Å². The Kier molecular flexibility index (Phi) is 6.77. The predicted octanol–water partition coefficient (Wildman–Crippen LogP) is 4.92. The van der Waals surface area contributed by atoms with Gasteiger partial charge in [0.2, 0.25) is 5.89 Å². The molecule has 0 aliphatic rings. The van der Waals surface area contributed by atoms with Crippen LogP contribution in [0.15, 0.2) is 83.4 Å². The highest BCUT2D eigenvalue weighted by Gasteiger charge is 2.09. The van der Waals surface area contributed by atoms with Gasteiger partial charge in [0.05, 0.1) is 13.2 Å². The Morgan fingerprint density at radius 2 is 1.66 bits per heavy atom. The van der Waals surface area contributed by atoms with Crippen molar-refractivity contribution in [1.29, 1.82) is 0 Å². The van der Waals surface area contributed by atoms with Crippen LogP contribution in [0.5, 0.6) is 5.75 Å². The number of anilines is 2. The third kappa shape index (κ3) is 5.72. The number of hydrogen-bond donors (Lipinski definition) is 2. The van der Waals surface area contributed by atoms with Crippen molar-refractivity contribution >= 4 is 17.3 Å². The summed E-state index contributed by atoms with van der Waals surface area (Å²) in [5.41, 5.74) is 3.26. The molecule has 2 N–H and O–H groups in total. The summed E-state index contributed by atoms with van der Waals surface area (Å²) in [5.74, 6) is 1.75. The van der Waals surface area contributed by atoms with E-state index in [1.165, 1.54) is 0 Å². The molecular weight excluding hydrogens is 404 g/mol. The van der Waals surface area contributed by atoms with E-state index >= 15 is 0 Å². The molecular formula is C25H24N4O3. The molecule has 0 spiro atoms. The third-order valence-electron chi connectivity index (χ3n) is 4.73. The monoisotopic (exact) mass is 428 g/mol. The summed E-state index contributed by atoms with van der Waals surface area (Å²) in [6, 6.07) is 24.5. The van der Waals surface area contributed by atoms with Gasteiger partial charge in [-0.15, -0.1) is 0 Å². The van der Waals surface area contributed by atoms with Crippen LogP contribution < -0.4 is 15.4 Å². The zero-order chi connectivity index (χ0) is 22.2. The minimum Gasteiger partial charge on any atom is -0.494 e. The number of rotatable bonds is 9. The van der Waals surface area contributed by atoms with Crippen molar-refractivity contribution in [3.63, 3.8) is 0 Å². The first kappa shape index (κ1) is 21.1. The molecule has 0 saturated heterocycles. The maximum absolute atomic E-state index is 12.5. The summed E-state index contributed by atoms with van der Waals surface area (Å²) >= 11 is 0. The highest BCUT2D eigenvalue weighted by molar-refractivity contribution is 6.04. The molecule has 7 heteroatoms. The largest absolute Gasteiger partial charge is 0.494 e. The Morgan fingerprint density at radius 1 is 0.938 bits per heavy atom. The lowest BCUT2D eigenvalue weighted by Gasteiger charge is -2.08. The normalized spacial score (nSPS) is 10.5. The average molecular weight is 428 g/mol. The second-order valence-electron chi connectivity index (χ2n) is 7.11. The fourth-order valence-corrected chi connectivity index (χ4v) is 3.13. The molecule has 162 valence electrons. The van der Waals surface area contributed by atoms with Crippen LogP contribution in [0, 0.1) is 0 Å². The fourth-order valence-electron chi connectivity index (χ4n) is 3.13. The molecule has 4 rings (SSSR count). The van der Waals surface area contributed by atoms with Crippen LogP contribution in [-0.2, 0) is 13.0 Å². The number of ether oxygens (including phenoxy) is 1. The molecule has 7 nitrogen and oxygen atoms in total. The second kappa shape index (κ2) is 10.3. The van der Waals surface area contributed by atoms with Gasteiger partial charge in [0, 0.05) is 23.4 Å². The maximum Gasteiger partial charge on any atom is 0.255 e. The van der Waals surface area contributed by atoms with Crippen molar-refractivity contribution < 1.29 is 14.1 Å². The summed E-state index contributed by atoms with van der Waals surface area (Å²) in [6.45, 7) is 2.94. The van der Waals surface area contributed by atoms with E-state index in [1.807, 2.05) is 73.7 Å². The van der Waals surface area contributed by atoms with E-state index in [1.54, 1.807) is 12.1 Å². The van der Waals surface area contributed by atoms with Crippen LogP contribution in [0.25, 0.3) is 0 Å². The van der Waals surface area contributed by atoms with Gasteiger partial charge in [-0.25, -0.2) is 0 Å². The molecule has 0 atom stereocenters. The van der Waals surface area contributed by atoms with Gasteiger partial charge in [0.15, 0.2) is 5.82 Å². The Labute approximate surface area is 186 Å². The van der Waals surface area contributed by atoms with Crippen molar-refractivity contribution in [2.45, 2.75) is 19.9 Å². The van der Waals surface area contributed by atoms with Crippen molar-refractivity contribution in [3.8, 4) is 5.75 Å². The lowest BCUT2D eigenvalue weighted by atomic mass is 10.1. The molecule has 0 aliphatic carbocycles. The number of aromatic nitrogens is 2. The molecule has 3 aromatic carbocycles. The molecule has 4 aromatic rings. The van der Waals surface area contributed by atoms with Gasteiger partial charge in [-0.05, 0) is 61.0 Å². The molecule has 0 fully saturated rings. The highest BCUT2D eigenvalue weighted by Crippen LogP contribution is 2.17. The zero-order valence-corrected chi connectivity index (χ0v) is 17.7. The van der Waals surface area contributed by atoms with Crippen LogP contribution in [0.4, 0.5) is 11.4 Å². The Morgan fingerprint density at radius 3 is 2.38 bits per heavy atom. The van der Waals surface area contributed by atoms with Crippen molar-refractivity contribution in [1.82, 2.24) is 10.1 Å². The SMILES string of the molecule is CCOc1ccc(NC(=O)c2ccc(NCc3nc(Cc4ccccc4)no3)cc2)cc1. The number of carbonyl (C=O) groups excluding carboxylic acids is 1. The third-order valence-corrected chi connectivity index (χ3v) is 4.73. The first-order valence-corrected chi connectivity index (χ1v) is 10.4. The summed E-state index contributed by atoms with van der Waals surface area (Å²) in [5, 5.41) is 10.1. The number of carbonyl (C=O) groups is 1. The number of amides is 1. The average Bonchev–Trinajstić information content (AvgIpc) is 3.27. The van der Waals surface area contributed by atoms with Crippen molar-refractivity contribution in [2.75, 3.05) is 17.2 Å². The smallest absolute Gasteiger partial charge is 0.255 e. The minimum absolute atomic E-state index is 0.178. The van der Waals surface area contributed by atoms with Crippen molar-refractivity contribution in [3.05, 3.63) is 102 Å². The molecule has 0 unspecified atom stereocenters. The molecule has 1 aromatic heterocycles. The molecule has 0 aliphatic heterocycles. The van der Waals surface area contributed by atoms with Crippen molar-refractivity contribution in [2.24, 2.45) is 0 Å². The Bertz CT molecular complexity index is 1140. The van der Waals surface area contributed by atoms with Crippen LogP contribution in [0.1, 0.15) is 34.6 Å². The van der Waals surface area contributed by atoms with Gasteiger partial charge in [-0.3, -0.25) is 4.79 Å². The van der Waals surface area contributed by atoms with Gasteiger partial charge in [0.25, 0.3) is 5.91 Å². The Balaban J connectivity index is 1.28. The molecule has 0 saturated carbocycles. The van der Waals surface area contributed by atoms with Crippen LogP contribution >= 0.6 is 0 Å². The second-order valence-corrected chi connectivity index (χ2v) is 7.11. The lowest BCUT2D eigenvalue weighted by Crippen LogP contribution is -2.11. The fraction of sp³-hybridized carbons (Fsp3) is 0.160. The molecule has 32 heavy (non-hydrogen) atoms. The highest BCUT2D eigenvalue weighted by atomic mass is 16.5. The number of nitrogens with one attached hydrogen (secondary N) is 2. The van der Waals surface area contributed by atoms with Gasteiger partial charge in [-0.2, -0.15) is 4.98 Å². The number of nitrogens with zero attached hydrogens (tertiary/aromatic N) is 2. The van der Waals surface area contributed by atoms with E-state index in [4.69, 9.17) is 9.26 Å². The molecule has 1 heterocycles. The van der Waals surface area contributed by atoms with E-state index in [9.17, 15) is 4.79 Å². The summed E-state index contributed by atoms with van der Waals surface area (Å²) in [7, 11) is 0. The van der Waals surface area contributed by atoms with E-state index < -0.39 is 0 Å². The standard InChI is InChI=1S/C25H24N4O3/c1-2-31-22-14-12-21(13-15-22)27-25(30)19-8-10-20(11-9-19)26-17-24-28-23(29-32-24)16-18-6-4-3-5-7-18/h3-15,26H,2,16-17H2,1H3,(H,27,30).